The van der Waals surface area contributed by atoms with Gasteiger partial charge < -0.3 is 69.9 Å². The van der Waals surface area contributed by atoms with Crippen molar-refractivity contribution in [3.63, 3.8) is 0 Å². The van der Waals surface area contributed by atoms with Gasteiger partial charge in [-0.2, -0.15) is 13.2 Å². The Morgan fingerprint density at radius 1 is 0.686 bits per heavy atom. The van der Waals surface area contributed by atoms with Crippen LogP contribution in [-0.2, 0) is 67.0 Å². The molecule has 5 unspecified atom stereocenters. The topological polar surface area (TPSA) is 297 Å². The summed E-state index contributed by atoms with van der Waals surface area (Å²) in [4.78, 5) is 192. The van der Waals surface area contributed by atoms with Crippen molar-refractivity contribution in [2.24, 2.45) is 29.6 Å². The van der Waals surface area contributed by atoms with Crippen molar-refractivity contribution < 1.29 is 80.2 Å². The normalized spacial score (nSPS) is 32.2. The van der Waals surface area contributed by atoms with Crippen LogP contribution in [0.2, 0.25) is 0 Å². The summed E-state index contributed by atoms with van der Waals surface area (Å²) >= 11 is 6.40. The number of hydrogen-bond acceptors (Lipinski definition) is 14. The van der Waals surface area contributed by atoms with Gasteiger partial charge in [0.2, 0.25) is 70.9 Å². The maximum atomic E-state index is 15.9. The lowest BCUT2D eigenvalue weighted by Gasteiger charge is -2.44. The van der Waals surface area contributed by atoms with E-state index in [4.69, 9.17) is 21.1 Å². The number of amides is 12. The molecule has 5 saturated heterocycles. The van der Waals surface area contributed by atoms with E-state index in [2.05, 4.69) is 21.3 Å². The highest BCUT2D eigenvalue weighted by Gasteiger charge is 2.54. The average Bonchev–Trinajstić information content (AvgIpc) is 1.46. The van der Waals surface area contributed by atoms with Gasteiger partial charge in [-0.1, -0.05) is 66.7 Å². The summed E-state index contributed by atoms with van der Waals surface area (Å²) < 4.78 is 53.8. The Labute approximate surface area is 604 Å². The zero-order valence-corrected chi connectivity index (χ0v) is 62.6. The summed E-state index contributed by atoms with van der Waals surface area (Å²) in [6.07, 6.45) is 1.85. The summed E-state index contributed by atoms with van der Waals surface area (Å²) in [5, 5.41) is 10.3. The molecule has 5 aliphatic heterocycles. The molecule has 8 rings (SSSR count). The van der Waals surface area contributed by atoms with E-state index < -0.39 is 173 Å². The van der Waals surface area contributed by atoms with Gasteiger partial charge in [0.25, 0.3) is 0 Å². The molecule has 15 atom stereocenters. The highest BCUT2D eigenvalue weighted by molar-refractivity contribution is 6.21. The molecule has 0 aromatic heterocycles. The molecule has 574 valence electrons. The second-order valence-corrected chi connectivity index (χ2v) is 31.3. The number of fused-ring (bicyclic) bond motifs is 4. The van der Waals surface area contributed by atoms with E-state index in [-0.39, 0.29) is 134 Å². The standard InChI is InChI=1S/C72H114ClF3N12O14/c1-12-34-101-41-56-66(96)81(8)38-57(89)78-51(28-24-45-23-27-49(50(73)36-45)72(74,75)76)65(95)86-32-19-22-52(86)62(92)80-71(30-17-18-31-71)70(100)84(11)60(46-20-15-16-21-46)69(99)82(9)55(68(98)88-47-25-26-48(88)40-102-39-47)37-58(90)85(14-3)54(35-42(4)5)61(91)79-59(43(6)13-2)63(93)77-44(7)64(94)87-33-29-53(87)67(97)83(56)10/h42-56,59-60H,12-41H2,1-11H3,(H,77,93)(H,78,89)(H,79,91)(H,80,92)/t43-,44-,45?,47?,48?,49?,50?,51-,52-,53-,54-,55-,56-,59-,60-/m0/s1. The van der Waals surface area contributed by atoms with Gasteiger partial charge in [0.05, 0.1) is 50.8 Å². The molecule has 4 N–H and O–H groups in total. The van der Waals surface area contributed by atoms with E-state index in [1.807, 2.05) is 27.7 Å². The zero-order valence-electron chi connectivity index (χ0n) is 61.8. The molecule has 0 aromatic rings. The van der Waals surface area contributed by atoms with Crippen LogP contribution in [0, 0.1) is 29.6 Å². The first kappa shape index (κ1) is 81.3. The van der Waals surface area contributed by atoms with Crippen molar-refractivity contribution in [1.82, 2.24) is 60.5 Å². The fourth-order valence-electron chi connectivity index (χ4n) is 17.0. The van der Waals surface area contributed by atoms with Crippen molar-refractivity contribution in [3.8, 4) is 0 Å². The van der Waals surface area contributed by atoms with Crippen LogP contribution in [0.25, 0.3) is 0 Å². The van der Waals surface area contributed by atoms with E-state index in [0.717, 1.165) is 22.6 Å². The third-order valence-corrected chi connectivity index (χ3v) is 23.8. The number of rotatable bonds is 14. The molecule has 3 aliphatic carbocycles. The highest BCUT2D eigenvalue weighted by Crippen LogP contribution is 2.44. The Hall–Kier alpha value is -6.36. The molecule has 0 radical (unpaired) electrons. The second kappa shape index (κ2) is 35.6. The maximum Gasteiger partial charge on any atom is 0.393 e. The Balaban J connectivity index is 1.17. The first-order chi connectivity index (χ1) is 48.3. The minimum Gasteiger partial charge on any atom is -0.379 e. The maximum absolute atomic E-state index is 15.9. The van der Waals surface area contributed by atoms with Gasteiger partial charge in [-0.15, -0.1) is 11.6 Å². The predicted octanol–water partition coefficient (Wildman–Crippen LogP) is 4.51. The van der Waals surface area contributed by atoms with Crippen LogP contribution in [0.1, 0.15) is 190 Å². The van der Waals surface area contributed by atoms with Crippen LogP contribution < -0.4 is 21.3 Å². The van der Waals surface area contributed by atoms with Gasteiger partial charge in [-0.25, -0.2) is 0 Å². The predicted molar refractivity (Wildman–Crippen MR) is 371 cm³/mol. The number of hydrogen-bond donors (Lipinski definition) is 4. The number of nitrogens with zero attached hydrogens (tertiary/aromatic N) is 8. The summed E-state index contributed by atoms with van der Waals surface area (Å²) in [6, 6.07) is -11.9. The monoisotopic (exact) mass is 1460 g/mol. The molecule has 0 aromatic carbocycles. The Morgan fingerprint density at radius 3 is 1.93 bits per heavy atom. The van der Waals surface area contributed by atoms with Gasteiger partial charge in [0.1, 0.15) is 59.9 Å². The first-order valence-electron chi connectivity index (χ1n) is 37.7. The van der Waals surface area contributed by atoms with Gasteiger partial charge in [0, 0.05) is 59.8 Å². The van der Waals surface area contributed by atoms with Crippen LogP contribution in [0.4, 0.5) is 13.2 Å². The number of nitrogens with one attached hydrogen (secondary N) is 4. The van der Waals surface area contributed by atoms with Gasteiger partial charge >= 0.3 is 6.18 Å². The SMILES string of the molecule is CCCOC[C@H]1C(=O)N(C)CC(=O)N[C@@H](CCC2CCC(C(F)(F)F)C(Cl)C2)C(=O)N2CCC[C@H]2C(=O)NC2(CCCC2)C(=O)N(C)[C@@H](C2CCCC2)C(=O)N(C)[C@H](C(=O)N2C3CCC2COC3)CC(=O)N(CC)[C@@H](CC(C)C)C(=O)N[C@@H]([C@@H](C)CC)C(=O)N[C@@H](C)C(=O)N2CC[C@H]2C(=O)N1C. The third kappa shape index (κ3) is 18.6. The minimum absolute atomic E-state index is 0.0132. The second-order valence-electron chi connectivity index (χ2n) is 30.7. The Morgan fingerprint density at radius 2 is 1.34 bits per heavy atom. The number of halogens is 4. The van der Waals surface area contributed by atoms with E-state index >= 15 is 33.6 Å². The average molecular weight is 1460 g/mol. The molecule has 8 fully saturated rings. The molecule has 26 nitrogen and oxygen atoms in total. The van der Waals surface area contributed by atoms with Crippen molar-refractivity contribution in [2.45, 2.75) is 273 Å². The molecule has 8 aliphatic rings. The lowest BCUT2D eigenvalue weighted by atomic mass is 9.78. The summed E-state index contributed by atoms with van der Waals surface area (Å²) in [7, 11) is 5.69. The molecular weight excluding hydrogens is 1350 g/mol. The van der Waals surface area contributed by atoms with Crippen molar-refractivity contribution in [3.05, 3.63) is 0 Å². The van der Waals surface area contributed by atoms with E-state index in [0.29, 0.717) is 57.8 Å². The molecule has 1 spiro atoms. The number of carbonyl (C=O) groups excluding carboxylic acids is 12. The van der Waals surface area contributed by atoms with Crippen molar-refractivity contribution in [2.75, 3.05) is 80.8 Å². The lowest BCUT2D eigenvalue weighted by Crippen LogP contribution is -2.65. The molecule has 12 amide bonds. The van der Waals surface area contributed by atoms with Gasteiger partial charge in [-0.05, 0) is 140 Å². The highest BCUT2D eigenvalue weighted by atomic mass is 35.5. The number of morpholine rings is 1. The fourth-order valence-corrected chi connectivity index (χ4v) is 17.5. The Bertz CT molecular complexity index is 3010. The van der Waals surface area contributed by atoms with Gasteiger partial charge in [0.15, 0.2) is 0 Å². The van der Waals surface area contributed by atoms with Crippen LogP contribution >= 0.6 is 11.6 Å². The molecule has 30 heteroatoms. The minimum atomic E-state index is -4.52. The van der Waals surface area contributed by atoms with E-state index in [9.17, 15) is 37.1 Å². The van der Waals surface area contributed by atoms with Crippen LogP contribution in [0.5, 0.6) is 0 Å². The number of likely N-dealkylation sites (N-methyl/N-ethyl adjacent to an activating group) is 5. The van der Waals surface area contributed by atoms with Crippen molar-refractivity contribution >= 4 is 82.5 Å². The van der Waals surface area contributed by atoms with Gasteiger partial charge in [-0.3, -0.25) is 57.5 Å². The summed E-state index contributed by atoms with van der Waals surface area (Å²) in [5.74, 6) is -11.0. The number of alkyl halides is 4. The molecule has 5 heterocycles. The van der Waals surface area contributed by atoms with E-state index in [1.54, 1.807) is 18.7 Å². The third-order valence-electron chi connectivity index (χ3n) is 23.3. The Kier molecular flexibility index (Phi) is 28.4. The molecule has 2 bridgehead atoms. The lowest BCUT2D eigenvalue weighted by molar-refractivity contribution is -0.182. The molecule has 3 saturated carbocycles. The largest absolute Gasteiger partial charge is 0.393 e. The zero-order chi connectivity index (χ0) is 74.8. The molecule has 102 heavy (non-hydrogen) atoms. The number of ether oxygens (including phenoxy) is 2. The molecular formula is C72H114ClF3N12O14. The van der Waals surface area contributed by atoms with Crippen LogP contribution in [0.15, 0.2) is 0 Å². The van der Waals surface area contributed by atoms with Crippen LogP contribution in [0.3, 0.4) is 0 Å². The van der Waals surface area contributed by atoms with E-state index in [1.165, 1.54) is 59.6 Å². The smallest absolute Gasteiger partial charge is 0.379 e. The summed E-state index contributed by atoms with van der Waals surface area (Å²) in [5.41, 5.74) is -1.57. The van der Waals surface area contributed by atoms with Crippen molar-refractivity contribution in [1.29, 1.82) is 0 Å². The van der Waals surface area contributed by atoms with Crippen LogP contribution in [-0.4, -0.2) is 274 Å². The quantitative estimate of drug-likeness (QED) is 0.138. The first-order valence-corrected chi connectivity index (χ1v) is 38.1. The number of carbonyl (C=O) groups is 12. The fraction of sp³-hybridized carbons (Fsp3) is 0.833. The summed E-state index contributed by atoms with van der Waals surface area (Å²) in [6.45, 7) is 12.2.